The van der Waals surface area contributed by atoms with Gasteiger partial charge in [-0.25, -0.2) is 0 Å². The van der Waals surface area contributed by atoms with Gasteiger partial charge in [-0.1, -0.05) is 18.2 Å². The lowest BCUT2D eigenvalue weighted by Gasteiger charge is -2.31. The SMILES string of the molecule is O=C(CCC1CCN(Cc2cc3ccccc3o2)CC1)NC1CC1. The maximum absolute atomic E-state index is 11.8. The molecule has 1 aromatic carbocycles. The first kappa shape index (κ1) is 15.7. The normalized spacial score (nSPS) is 19.7. The van der Waals surface area contributed by atoms with Gasteiger partial charge in [-0.15, -0.1) is 0 Å². The summed E-state index contributed by atoms with van der Waals surface area (Å²) in [7, 11) is 0. The number of nitrogens with one attached hydrogen (secondary N) is 1. The molecule has 2 aromatic rings. The smallest absolute Gasteiger partial charge is 0.220 e. The molecule has 1 amide bonds. The van der Waals surface area contributed by atoms with E-state index < -0.39 is 0 Å². The van der Waals surface area contributed by atoms with Crippen molar-refractivity contribution in [3.05, 3.63) is 36.1 Å². The van der Waals surface area contributed by atoms with Crippen molar-refractivity contribution in [2.24, 2.45) is 5.92 Å². The van der Waals surface area contributed by atoms with E-state index in [-0.39, 0.29) is 5.91 Å². The third-order valence-electron chi connectivity index (χ3n) is 5.29. The lowest BCUT2D eigenvalue weighted by molar-refractivity contribution is -0.121. The molecule has 128 valence electrons. The molecule has 2 fully saturated rings. The zero-order valence-electron chi connectivity index (χ0n) is 14.2. The Morgan fingerprint density at radius 3 is 2.71 bits per heavy atom. The number of carbonyl (C=O) groups excluding carboxylic acids is 1. The van der Waals surface area contributed by atoms with Gasteiger partial charge >= 0.3 is 0 Å². The van der Waals surface area contributed by atoms with Crippen LogP contribution in [0.15, 0.2) is 34.7 Å². The first-order valence-corrected chi connectivity index (χ1v) is 9.25. The van der Waals surface area contributed by atoms with Crippen molar-refractivity contribution < 1.29 is 9.21 Å². The Morgan fingerprint density at radius 2 is 1.96 bits per heavy atom. The molecule has 0 atom stereocenters. The second-order valence-electron chi connectivity index (χ2n) is 7.35. The second-order valence-corrected chi connectivity index (χ2v) is 7.35. The molecule has 1 aromatic heterocycles. The van der Waals surface area contributed by atoms with Gasteiger partial charge in [0, 0.05) is 17.8 Å². The molecule has 4 rings (SSSR count). The first-order chi connectivity index (χ1) is 11.8. The molecule has 4 nitrogen and oxygen atoms in total. The van der Waals surface area contributed by atoms with Crippen molar-refractivity contribution in [3.8, 4) is 0 Å². The highest BCUT2D eigenvalue weighted by molar-refractivity contribution is 5.77. The van der Waals surface area contributed by atoms with Crippen molar-refractivity contribution >= 4 is 16.9 Å². The maximum atomic E-state index is 11.8. The van der Waals surface area contributed by atoms with Gasteiger partial charge in [-0.3, -0.25) is 9.69 Å². The fourth-order valence-corrected chi connectivity index (χ4v) is 3.63. The third-order valence-corrected chi connectivity index (χ3v) is 5.29. The number of amides is 1. The minimum atomic E-state index is 0.252. The van der Waals surface area contributed by atoms with Crippen LogP contribution in [0.5, 0.6) is 0 Å². The summed E-state index contributed by atoms with van der Waals surface area (Å²) in [5, 5.41) is 4.27. The lowest BCUT2D eigenvalue weighted by Crippen LogP contribution is -2.33. The number of carbonyl (C=O) groups is 1. The highest BCUT2D eigenvalue weighted by Gasteiger charge is 2.24. The average Bonchev–Trinajstić information content (AvgIpc) is 3.31. The first-order valence-electron chi connectivity index (χ1n) is 9.25. The van der Waals surface area contributed by atoms with E-state index in [0.29, 0.717) is 18.4 Å². The molecule has 0 spiro atoms. The molecular weight excluding hydrogens is 300 g/mol. The summed E-state index contributed by atoms with van der Waals surface area (Å²) in [5.74, 6) is 2.00. The summed E-state index contributed by atoms with van der Waals surface area (Å²) in [6, 6.07) is 10.8. The van der Waals surface area contributed by atoms with Crippen LogP contribution in [0.1, 0.15) is 44.3 Å². The van der Waals surface area contributed by atoms with Crippen molar-refractivity contribution in [1.29, 1.82) is 0 Å². The third kappa shape index (κ3) is 3.99. The van der Waals surface area contributed by atoms with Crippen molar-refractivity contribution in [2.75, 3.05) is 13.1 Å². The fourth-order valence-electron chi connectivity index (χ4n) is 3.63. The Bertz CT molecular complexity index is 663. The molecule has 4 heteroatoms. The summed E-state index contributed by atoms with van der Waals surface area (Å²) >= 11 is 0. The molecule has 1 saturated carbocycles. The number of benzene rings is 1. The van der Waals surface area contributed by atoms with Gasteiger partial charge in [-0.05, 0) is 63.2 Å². The summed E-state index contributed by atoms with van der Waals surface area (Å²) in [6.07, 6.45) is 6.47. The van der Waals surface area contributed by atoms with Crippen LogP contribution in [-0.4, -0.2) is 29.9 Å². The largest absolute Gasteiger partial charge is 0.460 e. The number of piperidine rings is 1. The Hall–Kier alpha value is -1.81. The van der Waals surface area contributed by atoms with Crippen LogP contribution in [0.2, 0.25) is 0 Å². The van der Waals surface area contributed by atoms with E-state index in [1.165, 1.54) is 31.1 Å². The van der Waals surface area contributed by atoms with Crippen LogP contribution in [0, 0.1) is 5.92 Å². The predicted octanol–water partition coefficient (Wildman–Crippen LogP) is 3.70. The van der Waals surface area contributed by atoms with Gasteiger partial charge in [0.15, 0.2) is 0 Å². The minimum absolute atomic E-state index is 0.252. The Balaban J connectivity index is 1.21. The minimum Gasteiger partial charge on any atom is -0.460 e. The summed E-state index contributed by atoms with van der Waals surface area (Å²) in [5.41, 5.74) is 0.976. The number of hydrogen-bond donors (Lipinski definition) is 1. The molecule has 2 aliphatic rings. The van der Waals surface area contributed by atoms with E-state index in [4.69, 9.17) is 4.42 Å². The average molecular weight is 326 g/mol. The van der Waals surface area contributed by atoms with Crippen LogP contribution in [0.25, 0.3) is 11.0 Å². The Morgan fingerprint density at radius 1 is 1.17 bits per heavy atom. The van der Waals surface area contributed by atoms with Crippen molar-refractivity contribution in [1.82, 2.24) is 10.2 Å². The number of nitrogens with zero attached hydrogens (tertiary/aromatic N) is 1. The highest BCUT2D eigenvalue weighted by Crippen LogP contribution is 2.25. The highest BCUT2D eigenvalue weighted by atomic mass is 16.3. The van der Waals surface area contributed by atoms with Crippen LogP contribution in [0.3, 0.4) is 0 Å². The van der Waals surface area contributed by atoms with Gasteiger partial charge in [0.1, 0.15) is 11.3 Å². The Kier molecular flexibility index (Phi) is 4.56. The van der Waals surface area contributed by atoms with Crippen molar-refractivity contribution in [3.63, 3.8) is 0 Å². The van der Waals surface area contributed by atoms with Crippen LogP contribution in [-0.2, 0) is 11.3 Å². The van der Waals surface area contributed by atoms with Gasteiger partial charge in [0.2, 0.25) is 5.91 Å². The topological polar surface area (TPSA) is 45.5 Å². The predicted molar refractivity (Wildman–Crippen MR) is 94.6 cm³/mol. The van der Waals surface area contributed by atoms with Gasteiger partial charge in [-0.2, -0.15) is 0 Å². The number of para-hydroxylation sites is 1. The van der Waals surface area contributed by atoms with E-state index >= 15 is 0 Å². The van der Waals surface area contributed by atoms with Crippen molar-refractivity contribution in [2.45, 2.75) is 51.1 Å². The standard InChI is InChI=1S/C20H26N2O2/c23-20(21-17-6-7-17)8-5-15-9-11-22(12-10-15)14-18-13-16-3-1-2-4-19(16)24-18/h1-4,13,15,17H,5-12,14H2,(H,21,23). The van der Waals surface area contributed by atoms with Crippen LogP contribution < -0.4 is 5.32 Å². The quantitative estimate of drug-likeness (QED) is 0.880. The van der Waals surface area contributed by atoms with E-state index in [1.54, 1.807) is 0 Å². The molecule has 0 unspecified atom stereocenters. The number of hydrogen-bond acceptors (Lipinski definition) is 3. The molecule has 1 aliphatic heterocycles. The molecule has 1 saturated heterocycles. The fraction of sp³-hybridized carbons (Fsp3) is 0.550. The van der Waals surface area contributed by atoms with E-state index in [9.17, 15) is 4.79 Å². The molecule has 1 aliphatic carbocycles. The van der Waals surface area contributed by atoms with Gasteiger partial charge in [0.25, 0.3) is 0 Å². The molecule has 0 bridgehead atoms. The second kappa shape index (κ2) is 6.98. The van der Waals surface area contributed by atoms with E-state index in [2.05, 4.69) is 22.3 Å². The number of rotatable bonds is 6. The molecular formula is C20H26N2O2. The number of likely N-dealkylation sites (tertiary alicyclic amines) is 1. The molecule has 0 radical (unpaired) electrons. The molecule has 2 heterocycles. The number of furan rings is 1. The van der Waals surface area contributed by atoms with Gasteiger partial charge in [0.05, 0.1) is 6.54 Å². The number of fused-ring (bicyclic) bond motifs is 1. The summed E-state index contributed by atoms with van der Waals surface area (Å²) < 4.78 is 5.92. The Labute approximate surface area is 143 Å². The van der Waals surface area contributed by atoms with Crippen LogP contribution >= 0.6 is 0 Å². The van der Waals surface area contributed by atoms with Crippen LogP contribution in [0.4, 0.5) is 0 Å². The molecule has 24 heavy (non-hydrogen) atoms. The summed E-state index contributed by atoms with van der Waals surface area (Å²) in [6.45, 7) is 3.10. The lowest BCUT2D eigenvalue weighted by atomic mass is 9.92. The zero-order valence-corrected chi connectivity index (χ0v) is 14.2. The maximum Gasteiger partial charge on any atom is 0.220 e. The summed E-state index contributed by atoms with van der Waals surface area (Å²) in [4.78, 5) is 14.3. The van der Waals surface area contributed by atoms with Gasteiger partial charge < -0.3 is 9.73 Å². The monoisotopic (exact) mass is 326 g/mol. The van der Waals surface area contributed by atoms with E-state index in [0.717, 1.165) is 37.4 Å². The zero-order chi connectivity index (χ0) is 16.4. The van der Waals surface area contributed by atoms with E-state index in [1.807, 2.05) is 18.2 Å². The molecule has 1 N–H and O–H groups in total.